The van der Waals surface area contributed by atoms with Crippen LogP contribution in [0, 0.1) is 17.7 Å². The number of benzene rings is 1. The molecule has 1 fully saturated rings. The van der Waals surface area contributed by atoms with Crippen molar-refractivity contribution in [2.45, 2.75) is 38.8 Å². The van der Waals surface area contributed by atoms with Gasteiger partial charge < -0.3 is 5.32 Å². The van der Waals surface area contributed by atoms with Crippen molar-refractivity contribution in [3.8, 4) is 0 Å². The van der Waals surface area contributed by atoms with Crippen LogP contribution in [0.15, 0.2) is 18.2 Å². The van der Waals surface area contributed by atoms with E-state index in [1.54, 1.807) is 12.1 Å². The van der Waals surface area contributed by atoms with E-state index >= 15 is 0 Å². The first-order valence-corrected chi connectivity index (χ1v) is 6.19. The molecule has 0 heterocycles. The number of hydrogen-bond acceptors (Lipinski definition) is 1. The summed E-state index contributed by atoms with van der Waals surface area (Å²) in [6.07, 6.45) is 2.35. The molecular formula is C14H18FN. The number of rotatable bonds is 2. The maximum atomic E-state index is 13.3. The number of nitrogens with one attached hydrogen (secondary N) is 1. The van der Waals surface area contributed by atoms with E-state index in [9.17, 15) is 4.39 Å². The summed E-state index contributed by atoms with van der Waals surface area (Å²) in [6.45, 7) is 4.52. The fourth-order valence-electron chi connectivity index (χ4n) is 2.85. The van der Waals surface area contributed by atoms with E-state index < -0.39 is 0 Å². The minimum Gasteiger partial charge on any atom is -0.307 e. The van der Waals surface area contributed by atoms with Gasteiger partial charge in [-0.05, 0) is 47.9 Å². The van der Waals surface area contributed by atoms with Gasteiger partial charge >= 0.3 is 0 Å². The van der Waals surface area contributed by atoms with E-state index in [2.05, 4.69) is 19.2 Å². The predicted molar refractivity (Wildman–Crippen MR) is 62.7 cm³/mol. The minimum atomic E-state index is -0.108. The summed E-state index contributed by atoms with van der Waals surface area (Å²) in [5.74, 6) is 1.28. The van der Waals surface area contributed by atoms with Gasteiger partial charge in [-0.3, -0.25) is 0 Å². The van der Waals surface area contributed by atoms with E-state index in [4.69, 9.17) is 0 Å². The Labute approximate surface area is 96.1 Å². The lowest BCUT2D eigenvalue weighted by Crippen LogP contribution is -2.27. The molecule has 0 amide bonds. The first-order chi connectivity index (χ1) is 7.65. The van der Waals surface area contributed by atoms with Crippen molar-refractivity contribution in [2.75, 3.05) is 0 Å². The van der Waals surface area contributed by atoms with Crippen LogP contribution < -0.4 is 5.32 Å². The normalized spacial score (nSPS) is 36.2. The molecule has 0 aliphatic heterocycles. The van der Waals surface area contributed by atoms with Gasteiger partial charge in [-0.25, -0.2) is 4.39 Å². The molecule has 1 nitrogen and oxygen atoms in total. The predicted octanol–water partition coefficient (Wildman–Crippen LogP) is 3.06. The first-order valence-electron chi connectivity index (χ1n) is 6.19. The topological polar surface area (TPSA) is 12.0 Å². The highest BCUT2D eigenvalue weighted by molar-refractivity contribution is 5.36. The Morgan fingerprint density at radius 2 is 2.00 bits per heavy atom. The van der Waals surface area contributed by atoms with Gasteiger partial charge in [0.25, 0.3) is 0 Å². The molecule has 1 aromatic rings. The van der Waals surface area contributed by atoms with Gasteiger partial charge in [-0.15, -0.1) is 0 Å². The van der Waals surface area contributed by atoms with E-state index in [1.165, 1.54) is 17.5 Å². The van der Waals surface area contributed by atoms with Gasteiger partial charge in [0.1, 0.15) is 5.82 Å². The Morgan fingerprint density at radius 3 is 2.69 bits per heavy atom. The number of hydrogen-bond donors (Lipinski definition) is 1. The highest BCUT2D eigenvalue weighted by Crippen LogP contribution is 2.40. The fraction of sp³-hybridized carbons (Fsp3) is 0.571. The van der Waals surface area contributed by atoms with Crippen molar-refractivity contribution in [2.24, 2.45) is 11.8 Å². The van der Waals surface area contributed by atoms with Crippen molar-refractivity contribution in [1.82, 2.24) is 5.32 Å². The third kappa shape index (κ3) is 1.65. The summed E-state index contributed by atoms with van der Waals surface area (Å²) in [6, 6.07) is 6.25. The summed E-state index contributed by atoms with van der Waals surface area (Å²) >= 11 is 0. The molecule has 0 saturated heterocycles. The molecule has 2 aliphatic rings. The molecule has 1 saturated carbocycles. The van der Waals surface area contributed by atoms with Gasteiger partial charge in [0, 0.05) is 12.1 Å². The lowest BCUT2D eigenvalue weighted by molar-refractivity contribution is 0.406. The van der Waals surface area contributed by atoms with Gasteiger partial charge in [-0.2, -0.15) is 0 Å². The van der Waals surface area contributed by atoms with Crippen LogP contribution in [-0.2, 0) is 6.42 Å². The fourth-order valence-corrected chi connectivity index (χ4v) is 2.85. The number of halogens is 1. The molecule has 16 heavy (non-hydrogen) atoms. The van der Waals surface area contributed by atoms with Crippen molar-refractivity contribution >= 4 is 0 Å². The molecule has 4 atom stereocenters. The lowest BCUT2D eigenvalue weighted by atomic mass is 10.0. The van der Waals surface area contributed by atoms with Gasteiger partial charge in [0.05, 0.1) is 0 Å². The second-order valence-corrected chi connectivity index (χ2v) is 5.49. The van der Waals surface area contributed by atoms with Gasteiger partial charge in [-0.1, -0.05) is 19.9 Å². The molecule has 3 rings (SSSR count). The Kier molecular flexibility index (Phi) is 2.28. The maximum Gasteiger partial charge on any atom is 0.123 e. The van der Waals surface area contributed by atoms with Gasteiger partial charge in [0.15, 0.2) is 0 Å². The highest BCUT2D eigenvalue weighted by Gasteiger charge is 2.38. The van der Waals surface area contributed by atoms with Crippen LogP contribution in [0.1, 0.15) is 37.4 Å². The van der Waals surface area contributed by atoms with Crippen molar-refractivity contribution in [1.29, 1.82) is 0 Å². The molecule has 2 heteroatoms. The molecule has 4 unspecified atom stereocenters. The Balaban J connectivity index is 1.86. The molecule has 0 radical (unpaired) electrons. The zero-order chi connectivity index (χ0) is 11.3. The molecule has 0 bridgehead atoms. The van der Waals surface area contributed by atoms with Crippen LogP contribution in [0.5, 0.6) is 0 Å². The van der Waals surface area contributed by atoms with Crippen molar-refractivity contribution in [3.05, 3.63) is 35.1 Å². The number of fused-ring (bicyclic) bond motifs is 1. The smallest absolute Gasteiger partial charge is 0.123 e. The van der Waals surface area contributed by atoms with E-state index in [-0.39, 0.29) is 5.82 Å². The summed E-state index contributed by atoms with van der Waals surface area (Å²) in [5.41, 5.74) is 2.51. The largest absolute Gasteiger partial charge is 0.307 e. The molecule has 0 spiro atoms. The third-order valence-electron chi connectivity index (χ3n) is 4.06. The Bertz CT molecular complexity index is 415. The molecular weight excluding hydrogens is 201 g/mol. The van der Waals surface area contributed by atoms with E-state index in [0.717, 1.165) is 12.3 Å². The van der Waals surface area contributed by atoms with Crippen LogP contribution in [-0.4, -0.2) is 6.04 Å². The van der Waals surface area contributed by atoms with Crippen LogP contribution in [0.2, 0.25) is 0 Å². The third-order valence-corrected chi connectivity index (χ3v) is 4.06. The molecule has 86 valence electrons. The lowest BCUT2D eigenvalue weighted by Gasteiger charge is -2.18. The first kappa shape index (κ1) is 10.3. The summed E-state index contributed by atoms with van der Waals surface area (Å²) in [5, 5.41) is 3.67. The molecule has 1 N–H and O–H groups in total. The zero-order valence-electron chi connectivity index (χ0n) is 9.83. The summed E-state index contributed by atoms with van der Waals surface area (Å²) in [7, 11) is 0. The van der Waals surface area contributed by atoms with Crippen LogP contribution in [0.25, 0.3) is 0 Å². The maximum absolute atomic E-state index is 13.3. The second kappa shape index (κ2) is 3.56. The monoisotopic (exact) mass is 219 g/mol. The molecule has 0 aromatic heterocycles. The van der Waals surface area contributed by atoms with Gasteiger partial charge in [0.2, 0.25) is 0 Å². The van der Waals surface area contributed by atoms with Crippen LogP contribution in [0.4, 0.5) is 4.39 Å². The Hall–Kier alpha value is -0.890. The van der Waals surface area contributed by atoms with Crippen LogP contribution in [0.3, 0.4) is 0 Å². The quantitative estimate of drug-likeness (QED) is 0.806. The second-order valence-electron chi connectivity index (χ2n) is 5.49. The average Bonchev–Trinajstić information content (AvgIpc) is 2.84. The average molecular weight is 219 g/mol. The SMILES string of the molecule is CC1CC1NC1c2cc(F)ccc2CC1C. The minimum absolute atomic E-state index is 0.108. The summed E-state index contributed by atoms with van der Waals surface area (Å²) in [4.78, 5) is 0. The van der Waals surface area contributed by atoms with E-state index in [1.807, 2.05) is 6.07 Å². The van der Waals surface area contributed by atoms with Crippen molar-refractivity contribution < 1.29 is 4.39 Å². The Morgan fingerprint density at radius 1 is 1.25 bits per heavy atom. The molecule has 1 aromatic carbocycles. The highest BCUT2D eigenvalue weighted by atomic mass is 19.1. The summed E-state index contributed by atoms with van der Waals surface area (Å²) < 4.78 is 13.3. The van der Waals surface area contributed by atoms with Crippen LogP contribution >= 0.6 is 0 Å². The zero-order valence-corrected chi connectivity index (χ0v) is 9.83. The molecule has 2 aliphatic carbocycles. The van der Waals surface area contributed by atoms with E-state index in [0.29, 0.717) is 18.0 Å². The standard InChI is InChI=1S/C14H18FN/c1-8-6-13(8)16-14-9(2)5-10-3-4-11(15)7-12(10)14/h3-4,7-9,13-14,16H,5-6H2,1-2H3. The van der Waals surface area contributed by atoms with Crippen molar-refractivity contribution in [3.63, 3.8) is 0 Å².